The summed E-state index contributed by atoms with van der Waals surface area (Å²) in [5, 5.41) is 0.175. The van der Waals surface area contributed by atoms with Crippen molar-refractivity contribution in [2.75, 3.05) is 6.54 Å². The molecule has 3 nitrogen and oxygen atoms in total. The van der Waals surface area contributed by atoms with Crippen LogP contribution < -0.4 is 5.73 Å². The van der Waals surface area contributed by atoms with Gasteiger partial charge in [-0.15, -0.1) is 0 Å². The lowest BCUT2D eigenvalue weighted by Gasteiger charge is -2.36. The van der Waals surface area contributed by atoms with Crippen molar-refractivity contribution in [3.63, 3.8) is 0 Å². The smallest absolute Gasteiger partial charge is 0.255 e. The van der Waals surface area contributed by atoms with Gasteiger partial charge in [0, 0.05) is 18.6 Å². The largest absolute Gasteiger partial charge is 0.336 e. The van der Waals surface area contributed by atoms with Crippen molar-refractivity contribution in [1.82, 2.24) is 4.90 Å². The molecule has 21 heavy (non-hydrogen) atoms. The molecule has 1 aromatic rings. The Morgan fingerprint density at radius 1 is 1.38 bits per heavy atom. The molecule has 2 rings (SSSR count). The number of halogens is 2. The highest BCUT2D eigenvalue weighted by atomic mass is 35.5. The van der Waals surface area contributed by atoms with Gasteiger partial charge in [-0.25, -0.2) is 4.39 Å². The van der Waals surface area contributed by atoms with Crippen molar-refractivity contribution in [3.05, 3.63) is 34.6 Å². The predicted molar refractivity (Wildman–Crippen MR) is 83.0 cm³/mol. The fourth-order valence-electron chi connectivity index (χ4n) is 2.92. The van der Waals surface area contributed by atoms with E-state index in [2.05, 4.69) is 0 Å². The van der Waals surface area contributed by atoms with E-state index >= 15 is 0 Å². The summed E-state index contributed by atoms with van der Waals surface area (Å²) < 4.78 is 13.1. The molecule has 0 spiro atoms. The molecule has 1 aromatic carbocycles. The van der Waals surface area contributed by atoms with E-state index in [4.69, 9.17) is 17.3 Å². The van der Waals surface area contributed by atoms with Gasteiger partial charge in [-0.1, -0.05) is 18.5 Å². The van der Waals surface area contributed by atoms with E-state index in [0.29, 0.717) is 12.1 Å². The Balaban J connectivity index is 2.18. The van der Waals surface area contributed by atoms with Crippen molar-refractivity contribution in [2.24, 2.45) is 5.73 Å². The van der Waals surface area contributed by atoms with Gasteiger partial charge in [-0.3, -0.25) is 4.79 Å². The molecule has 0 aliphatic heterocycles. The molecule has 0 radical (unpaired) electrons. The molecule has 1 amide bonds. The summed E-state index contributed by atoms with van der Waals surface area (Å²) >= 11 is 6.02. The standard InChI is InChI=1S/C16H22ClFN2O/c1-2-9-20(13-6-4-12(19)5-7-13)16(21)14-8-3-11(18)10-15(14)17/h3,8,10,12-13H,2,4-7,9,19H2,1H3. The number of amides is 1. The minimum atomic E-state index is -0.428. The molecule has 1 fully saturated rings. The number of carbonyl (C=O) groups is 1. The van der Waals surface area contributed by atoms with Crippen LogP contribution >= 0.6 is 11.6 Å². The van der Waals surface area contributed by atoms with Crippen LogP contribution in [0.2, 0.25) is 5.02 Å². The van der Waals surface area contributed by atoms with Crippen LogP contribution in [0.25, 0.3) is 0 Å². The number of nitrogens with two attached hydrogens (primary N) is 1. The van der Waals surface area contributed by atoms with Crippen LogP contribution in [-0.2, 0) is 0 Å². The van der Waals surface area contributed by atoms with Crippen LogP contribution in [0, 0.1) is 5.82 Å². The quantitative estimate of drug-likeness (QED) is 0.923. The second-order valence-electron chi connectivity index (χ2n) is 5.69. The maximum Gasteiger partial charge on any atom is 0.255 e. The number of rotatable bonds is 4. The lowest BCUT2D eigenvalue weighted by molar-refractivity contribution is 0.0627. The zero-order chi connectivity index (χ0) is 15.4. The zero-order valence-corrected chi connectivity index (χ0v) is 13.1. The molecule has 1 aliphatic carbocycles. The first-order valence-electron chi connectivity index (χ1n) is 7.54. The van der Waals surface area contributed by atoms with Gasteiger partial charge in [0.2, 0.25) is 0 Å². The van der Waals surface area contributed by atoms with E-state index in [1.54, 1.807) is 0 Å². The van der Waals surface area contributed by atoms with Crippen LogP contribution in [0.5, 0.6) is 0 Å². The molecule has 2 N–H and O–H groups in total. The monoisotopic (exact) mass is 312 g/mol. The molecule has 116 valence electrons. The molecule has 0 heterocycles. The van der Waals surface area contributed by atoms with Gasteiger partial charge >= 0.3 is 0 Å². The Bertz CT molecular complexity index is 501. The molecule has 1 saturated carbocycles. The van der Waals surface area contributed by atoms with Crippen LogP contribution in [0.15, 0.2) is 18.2 Å². The third kappa shape index (κ3) is 3.95. The second-order valence-corrected chi connectivity index (χ2v) is 6.10. The highest BCUT2D eigenvalue weighted by Gasteiger charge is 2.28. The van der Waals surface area contributed by atoms with Gasteiger partial charge in [0.15, 0.2) is 0 Å². The van der Waals surface area contributed by atoms with Crippen molar-refractivity contribution in [2.45, 2.75) is 51.1 Å². The Kier molecular flexibility index (Phi) is 5.59. The van der Waals surface area contributed by atoms with Crippen LogP contribution in [0.4, 0.5) is 4.39 Å². The first-order chi connectivity index (χ1) is 10.0. The van der Waals surface area contributed by atoms with Gasteiger partial charge in [-0.05, 0) is 50.3 Å². The summed E-state index contributed by atoms with van der Waals surface area (Å²) in [5.74, 6) is -0.537. The topological polar surface area (TPSA) is 46.3 Å². The van der Waals surface area contributed by atoms with E-state index in [0.717, 1.165) is 32.1 Å². The SMILES string of the molecule is CCCN(C(=O)c1ccc(F)cc1Cl)C1CCC(N)CC1. The Hall–Kier alpha value is -1.13. The molecule has 0 bridgehead atoms. The molecule has 0 aromatic heterocycles. The minimum Gasteiger partial charge on any atom is -0.336 e. The summed E-state index contributed by atoms with van der Waals surface area (Å²) in [6.07, 6.45) is 4.61. The highest BCUT2D eigenvalue weighted by molar-refractivity contribution is 6.33. The first kappa shape index (κ1) is 16.2. The molecule has 1 aliphatic rings. The summed E-state index contributed by atoms with van der Waals surface area (Å²) in [6, 6.07) is 4.39. The molecular weight excluding hydrogens is 291 g/mol. The summed E-state index contributed by atoms with van der Waals surface area (Å²) in [7, 11) is 0. The molecular formula is C16H22ClFN2O. The third-order valence-corrected chi connectivity index (χ3v) is 4.38. The Morgan fingerprint density at radius 3 is 2.62 bits per heavy atom. The summed E-state index contributed by atoms with van der Waals surface area (Å²) in [5.41, 5.74) is 6.31. The Labute approximate surface area is 130 Å². The fraction of sp³-hybridized carbons (Fsp3) is 0.562. The molecule has 0 saturated heterocycles. The maximum absolute atomic E-state index is 13.1. The maximum atomic E-state index is 13.1. The molecule has 0 atom stereocenters. The van der Waals surface area contributed by atoms with Crippen molar-refractivity contribution in [3.8, 4) is 0 Å². The minimum absolute atomic E-state index is 0.109. The normalized spacial score (nSPS) is 22.1. The first-order valence-corrected chi connectivity index (χ1v) is 7.92. The molecule has 0 unspecified atom stereocenters. The van der Waals surface area contributed by atoms with Gasteiger partial charge in [0.05, 0.1) is 10.6 Å². The number of benzene rings is 1. The van der Waals surface area contributed by atoms with Crippen LogP contribution in [0.3, 0.4) is 0 Å². The van der Waals surface area contributed by atoms with Gasteiger partial charge < -0.3 is 10.6 Å². The van der Waals surface area contributed by atoms with Gasteiger partial charge in [0.1, 0.15) is 5.82 Å². The number of nitrogens with zero attached hydrogens (tertiary/aromatic N) is 1. The van der Waals surface area contributed by atoms with Crippen LogP contribution in [-0.4, -0.2) is 29.4 Å². The Morgan fingerprint density at radius 2 is 2.05 bits per heavy atom. The van der Waals surface area contributed by atoms with Crippen molar-refractivity contribution in [1.29, 1.82) is 0 Å². The summed E-state index contributed by atoms with van der Waals surface area (Å²) in [6.45, 7) is 2.73. The van der Waals surface area contributed by atoms with E-state index in [9.17, 15) is 9.18 Å². The lowest BCUT2D eigenvalue weighted by Crippen LogP contribution is -2.44. The zero-order valence-electron chi connectivity index (χ0n) is 12.3. The van der Waals surface area contributed by atoms with Gasteiger partial charge in [0.25, 0.3) is 5.91 Å². The van der Waals surface area contributed by atoms with E-state index < -0.39 is 5.82 Å². The number of hydrogen-bond donors (Lipinski definition) is 1. The van der Waals surface area contributed by atoms with E-state index in [1.807, 2.05) is 11.8 Å². The average Bonchev–Trinajstić information content (AvgIpc) is 2.45. The number of hydrogen-bond acceptors (Lipinski definition) is 2. The van der Waals surface area contributed by atoms with Crippen molar-refractivity contribution < 1.29 is 9.18 Å². The van der Waals surface area contributed by atoms with Crippen LogP contribution in [0.1, 0.15) is 49.4 Å². The molecule has 5 heteroatoms. The lowest BCUT2D eigenvalue weighted by atomic mass is 9.90. The second kappa shape index (κ2) is 7.23. The van der Waals surface area contributed by atoms with E-state index in [-0.39, 0.29) is 23.0 Å². The number of carbonyl (C=O) groups excluding carboxylic acids is 1. The van der Waals surface area contributed by atoms with E-state index in [1.165, 1.54) is 18.2 Å². The van der Waals surface area contributed by atoms with Crippen molar-refractivity contribution >= 4 is 17.5 Å². The fourth-order valence-corrected chi connectivity index (χ4v) is 3.17. The summed E-state index contributed by atoms with van der Waals surface area (Å²) in [4.78, 5) is 14.6. The predicted octanol–water partition coefficient (Wildman–Crippen LogP) is 3.60. The van der Waals surface area contributed by atoms with Gasteiger partial charge in [-0.2, -0.15) is 0 Å². The highest BCUT2D eigenvalue weighted by Crippen LogP contribution is 2.26. The average molecular weight is 313 g/mol. The third-order valence-electron chi connectivity index (χ3n) is 4.07.